The third-order valence-corrected chi connectivity index (χ3v) is 4.46. The number of halogens is 1. The summed E-state index contributed by atoms with van der Waals surface area (Å²) in [5, 5.41) is 6.63. The van der Waals surface area contributed by atoms with Crippen LogP contribution in [0, 0.1) is 12.7 Å². The number of hydrogen-bond acceptors (Lipinski definition) is 5. The summed E-state index contributed by atoms with van der Waals surface area (Å²) in [5.41, 5.74) is 4.44. The molecule has 0 radical (unpaired) electrons. The minimum absolute atomic E-state index is 0.102. The number of nitrogens with one attached hydrogen (secondary N) is 2. The SMILES string of the molecule is COc1cc(/C=N\NC(=O)c2ccccc2F)ccc1OCC(=O)Nc1ccccc1C. The van der Waals surface area contributed by atoms with Crippen molar-refractivity contribution in [3.05, 3.63) is 89.2 Å². The van der Waals surface area contributed by atoms with Crippen LogP contribution in [0.25, 0.3) is 0 Å². The Labute approximate surface area is 184 Å². The Hall–Kier alpha value is -4.20. The number of anilines is 1. The first kappa shape index (κ1) is 22.5. The molecule has 0 atom stereocenters. The fraction of sp³-hybridized carbons (Fsp3) is 0.125. The number of benzene rings is 3. The molecule has 0 bridgehead atoms. The summed E-state index contributed by atoms with van der Waals surface area (Å²) < 4.78 is 24.5. The van der Waals surface area contributed by atoms with E-state index in [1.54, 1.807) is 24.3 Å². The highest BCUT2D eigenvalue weighted by molar-refractivity contribution is 5.95. The maximum atomic E-state index is 13.6. The number of methoxy groups -OCH3 is 1. The second-order valence-electron chi connectivity index (χ2n) is 6.74. The number of hydrazone groups is 1. The summed E-state index contributed by atoms with van der Waals surface area (Å²) in [6, 6.07) is 18.0. The smallest absolute Gasteiger partial charge is 0.274 e. The fourth-order valence-corrected chi connectivity index (χ4v) is 2.80. The molecule has 0 saturated carbocycles. The van der Waals surface area contributed by atoms with Crippen molar-refractivity contribution in [1.29, 1.82) is 0 Å². The molecule has 2 amide bonds. The summed E-state index contributed by atoms with van der Waals surface area (Å²) in [7, 11) is 1.47. The summed E-state index contributed by atoms with van der Waals surface area (Å²) in [6.07, 6.45) is 1.38. The van der Waals surface area contributed by atoms with E-state index in [-0.39, 0.29) is 18.1 Å². The Kier molecular flexibility index (Phi) is 7.53. The predicted molar refractivity (Wildman–Crippen MR) is 120 cm³/mol. The van der Waals surface area contributed by atoms with Crippen molar-refractivity contribution in [3.8, 4) is 11.5 Å². The molecule has 0 aromatic heterocycles. The van der Waals surface area contributed by atoms with Crippen LogP contribution in [0.2, 0.25) is 0 Å². The molecular formula is C24H22FN3O4. The van der Waals surface area contributed by atoms with Gasteiger partial charge in [-0.15, -0.1) is 0 Å². The van der Waals surface area contributed by atoms with Gasteiger partial charge in [0.25, 0.3) is 11.8 Å². The third kappa shape index (κ3) is 5.91. The van der Waals surface area contributed by atoms with Gasteiger partial charge in [-0.1, -0.05) is 30.3 Å². The molecule has 2 N–H and O–H groups in total. The first-order valence-corrected chi connectivity index (χ1v) is 9.72. The van der Waals surface area contributed by atoms with Gasteiger partial charge in [-0.25, -0.2) is 9.82 Å². The van der Waals surface area contributed by atoms with Gasteiger partial charge >= 0.3 is 0 Å². The number of nitrogens with zero attached hydrogens (tertiary/aromatic N) is 1. The van der Waals surface area contributed by atoms with Crippen LogP contribution in [-0.4, -0.2) is 31.7 Å². The lowest BCUT2D eigenvalue weighted by molar-refractivity contribution is -0.118. The Bertz CT molecular complexity index is 1150. The quantitative estimate of drug-likeness (QED) is 0.415. The van der Waals surface area contributed by atoms with Gasteiger partial charge < -0.3 is 14.8 Å². The van der Waals surface area contributed by atoms with Crippen LogP contribution in [0.4, 0.5) is 10.1 Å². The average Bonchev–Trinajstić information content (AvgIpc) is 2.79. The standard InChI is InChI=1S/C24H22FN3O4/c1-16-7-3-6-10-20(16)27-23(29)15-32-21-12-11-17(13-22(21)31-2)14-26-28-24(30)18-8-4-5-9-19(18)25/h3-14H,15H2,1-2H3,(H,27,29)(H,28,30)/b26-14-. The van der Waals surface area contributed by atoms with Crippen molar-refractivity contribution in [2.24, 2.45) is 5.10 Å². The normalized spacial score (nSPS) is 10.6. The first-order valence-electron chi connectivity index (χ1n) is 9.72. The molecule has 32 heavy (non-hydrogen) atoms. The molecule has 3 aromatic rings. The van der Waals surface area contributed by atoms with Gasteiger partial charge in [0.1, 0.15) is 5.82 Å². The van der Waals surface area contributed by atoms with Crippen LogP contribution in [0.3, 0.4) is 0 Å². The van der Waals surface area contributed by atoms with E-state index in [0.29, 0.717) is 17.1 Å². The number of amides is 2. The zero-order valence-electron chi connectivity index (χ0n) is 17.6. The van der Waals surface area contributed by atoms with Gasteiger partial charge in [-0.3, -0.25) is 9.59 Å². The van der Waals surface area contributed by atoms with E-state index in [4.69, 9.17) is 9.47 Å². The summed E-state index contributed by atoms with van der Waals surface area (Å²) in [6.45, 7) is 1.70. The number of aryl methyl sites for hydroxylation is 1. The van der Waals surface area contributed by atoms with Crippen LogP contribution >= 0.6 is 0 Å². The highest BCUT2D eigenvalue weighted by atomic mass is 19.1. The molecule has 8 heteroatoms. The van der Waals surface area contributed by atoms with Crippen LogP contribution in [0.15, 0.2) is 71.8 Å². The second kappa shape index (κ2) is 10.7. The van der Waals surface area contributed by atoms with E-state index >= 15 is 0 Å². The third-order valence-electron chi connectivity index (χ3n) is 4.46. The monoisotopic (exact) mass is 435 g/mol. The Morgan fingerprint density at radius 2 is 1.78 bits per heavy atom. The van der Waals surface area contributed by atoms with E-state index in [0.717, 1.165) is 11.3 Å². The van der Waals surface area contributed by atoms with E-state index in [9.17, 15) is 14.0 Å². The molecule has 0 spiro atoms. The maximum absolute atomic E-state index is 13.6. The molecule has 164 valence electrons. The summed E-state index contributed by atoms with van der Waals surface area (Å²) >= 11 is 0. The molecule has 0 unspecified atom stereocenters. The summed E-state index contributed by atoms with van der Waals surface area (Å²) in [4.78, 5) is 24.2. The molecular weight excluding hydrogens is 413 g/mol. The summed E-state index contributed by atoms with van der Waals surface area (Å²) in [5.74, 6) is -0.832. The Balaban J connectivity index is 1.58. The minimum Gasteiger partial charge on any atom is -0.493 e. The van der Waals surface area contributed by atoms with Gasteiger partial charge in [-0.05, 0) is 54.4 Å². The molecule has 0 heterocycles. The molecule has 3 aromatic carbocycles. The van der Waals surface area contributed by atoms with Crippen molar-refractivity contribution >= 4 is 23.7 Å². The average molecular weight is 435 g/mol. The topological polar surface area (TPSA) is 89.0 Å². The van der Waals surface area contributed by atoms with Crippen molar-refractivity contribution in [2.75, 3.05) is 19.0 Å². The van der Waals surface area contributed by atoms with Gasteiger partial charge in [0.15, 0.2) is 18.1 Å². The molecule has 7 nitrogen and oxygen atoms in total. The molecule has 3 rings (SSSR count). The predicted octanol–water partition coefficient (Wildman–Crippen LogP) is 3.92. The Morgan fingerprint density at radius 1 is 1.03 bits per heavy atom. The van der Waals surface area contributed by atoms with E-state index < -0.39 is 11.7 Å². The largest absolute Gasteiger partial charge is 0.493 e. The molecule has 0 aliphatic rings. The number of para-hydroxylation sites is 1. The van der Waals surface area contributed by atoms with Crippen molar-refractivity contribution < 1.29 is 23.5 Å². The lowest BCUT2D eigenvalue weighted by Gasteiger charge is -2.12. The van der Waals surface area contributed by atoms with Crippen LogP contribution in [0.5, 0.6) is 11.5 Å². The fourth-order valence-electron chi connectivity index (χ4n) is 2.80. The maximum Gasteiger partial charge on any atom is 0.274 e. The molecule has 0 saturated heterocycles. The van der Waals surface area contributed by atoms with E-state index in [1.807, 2.05) is 31.2 Å². The molecule has 0 aliphatic heterocycles. The number of ether oxygens (including phenoxy) is 2. The Morgan fingerprint density at radius 3 is 2.53 bits per heavy atom. The van der Waals surface area contributed by atoms with Gasteiger partial charge in [-0.2, -0.15) is 5.10 Å². The number of rotatable bonds is 8. The van der Waals surface area contributed by atoms with Crippen molar-refractivity contribution in [2.45, 2.75) is 6.92 Å². The second-order valence-corrected chi connectivity index (χ2v) is 6.74. The van der Waals surface area contributed by atoms with Crippen molar-refractivity contribution in [3.63, 3.8) is 0 Å². The highest BCUT2D eigenvalue weighted by Gasteiger charge is 2.11. The zero-order chi connectivity index (χ0) is 22.9. The number of hydrogen-bond donors (Lipinski definition) is 2. The number of carbonyl (C=O) groups excluding carboxylic acids is 2. The highest BCUT2D eigenvalue weighted by Crippen LogP contribution is 2.27. The van der Waals surface area contributed by atoms with E-state index in [2.05, 4.69) is 15.8 Å². The molecule has 0 fully saturated rings. The number of carbonyl (C=O) groups is 2. The van der Waals surface area contributed by atoms with Crippen LogP contribution in [0.1, 0.15) is 21.5 Å². The minimum atomic E-state index is -0.661. The van der Waals surface area contributed by atoms with Crippen LogP contribution < -0.4 is 20.2 Å². The lowest BCUT2D eigenvalue weighted by Crippen LogP contribution is -2.20. The zero-order valence-corrected chi connectivity index (χ0v) is 17.6. The van der Waals surface area contributed by atoms with Crippen molar-refractivity contribution in [1.82, 2.24) is 5.43 Å². The first-order chi connectivity index (χ1) is 15.5. The van der Waals surface area contributed by atoms with Gasteiger partial charge in [0, 0.05) is 5.69 Å². The van der Waals surface area contributed by atoms with Crippen LogP contribution in [-0.2, 0) is 4.79 Å². The lowest BCUT2D eigenvalue weighted by atomic mass is 10.2. The van der Waals surface area contributed by atoms with Gasteiger partial charge in [0.2, 0.25) is 0 Å². The van der Waals surface area contributed by atoms with E-state index in [1.165, 1.54) is 31.5 Å². The molecule has 0 aliphatic carbocycles. The van der Waals surface area contributed by atoms with Gasteiger partial charge in [0.05, 0.1) is 18.9 Å².